The van der Waals surface area contributed by atoms with Crippen LogP contribution < -0.4 is 10.4 Å². The lowest BCUT2D eigenvalue weighted by Gasteiger charge is -2.43. The van der Waals surface area contributed by atoms with Crippen molar-refractivity contribution in [2.24, 2.45) is 5.41 Å². The number of rotatable bonds is 21. The van der Waals surface area contributed by atoms with Crippen LogP contribution in [-0.2, 0) is 38.0 Å². The largest absolute Gasteiger partial charge is 0.404 e. The van der Waals surface area contributed by atoms with Gasteiger partial charge in [-0.1, -0.05) is 139 Å². The maximum Gasteiger partial charge on any atom is 0.261 e. The molecule has 1 saturated heterocycles. The van der Waals surface area contributed by atoms with Crippen LogP contribution in [-0.4, -0.2) is 91.7 Å². The van der Waals surface area contributed by atoms with Crippen molar-refractivity contribution in [1.29, 1.82) is 0 Å². The van der Waals surface area contributed by atoms with Crippen LogP contribution in [0.5, 0.6) is 0 Å². The molecule has 0 aromatic heterocycles. The van der Waals surface area contributed by atoms with Crippen molar-refractivity contribution >= 4 is 42.4 Å². The summed E-state index contributed by atoms with van der Waals surface area (Å²) < 4.78 is 59.2. The monoisotopic (exact) mass is 852 g/mol. The molecule has 0 spiro atoms. The molecular weight excluding hydrogens is 785 g/mol. The lowest BCUT2D eigenvalue weighted by molar-refractivity contribution is -0.147. The number of aliphatic hydroxyl groups is 1. The predicted octanol–water partition coefficient (Wildman–Crippen LogP) is 7.94. The van der Waals surface area contributed by atoms with Gasteiger partial charge in [0, 0.05) is 26.5 Å². The van der Waals surface area contributed by atoms with E-state index in [0.29, 0.717) is 12.2 Å². The molecule has 1 aliphatic heterocycles. The molecule has 1 heterocycles. The Morgan fingerprint density at radius 2 is 1.41 bits per heavy atom. The molecule has 0 bridgehead atoms. The van der Waals surface area contributed by atoms with E-state index in [0.717, 1.165) is 16.4 Å². The molecule has 0 aliphatic carbocycles. The summed E-state index contributed by atoms with van der Waals surface area (Å²) in [5, 5.41) is 13.7. The SMILES string of the molecule is C[C@H]1OC(C)(C)O[C@@H]1C[C@@H](O)C/C(=C\CO[Si](c1ccccc1)(c1ccccc1)C(C)(C)C)[C@H](OCOCC[Si](C)(C)C)C(=O)C(C)(C)CS(=O)(=O)c1ccccc1. The number of Topliss-reactive ketones (excluding diaryl/α,β-unsaturated/α-hetero) is 1. The van der Waals surface area contributed by atoms with E-state index in [1.807, 2.05) is 63.2 Å². The molecule has 3 aromatic carbocycles. The first-order chi connectivity index (χ1) is 27.0. The van der Waals surface area contributed by atoms with Gasteiger partial charge in [-0.15, -0.1) is 0 Å². The van der Waals surface area contributed by atoms with Crippen molar-refractivity contribution in [2.45, 2.75) is 134 Å². The highest BCUT2D eigenvalue weighted by atomic mass is 32.2. The van der Waals surface area contributed by atoms with E-state index in [-0.39, 0.29) is 48.4 Å². The van der Waals surface area contributed by atoms with Crippen LogP contribution in [0.4, 0.5) is 0 Å². The Hall–Kier alpha value is -2.79. The molecule has 4 atom stereocenters. The topological polar surface area (TPSA) is 118 Å². The summed E-state index contributed by atoms with van der Waals surface area (Å²) in [4.78, 5) is 15.1. The average Bonchev–Trinajstić information content (AvgIpc) is 3.40. The molecule has 320 valence electrons. The van der Waals surface area contributed by atoms with E-state index in [1.54, 1.807) is 32.0 Å². The van der Waals surface area contributed by atoms with Gasteiger partial charge in [0.1, 0.15) is 12.9 Å². The lowest BCUT2D eigenvalue weighted by atomic mass is 9.83. The molecule has 1 fully saturated rings. The van der Waals surface area contributed by atoms with E-state index < -0.39 is 61.2 Å². The number of hydrogen-bond donors (Lipinski definition) is 1. The third-order valence-electron chi connectivity index (χ3n) is 10.7. The Bertz CT molecular complexity index is 1850. The highest BCUT2D eigenvalue weighted by Crippen LogP contribution is 2.38. The summed E-state index contributed by atoms with van der Waals surface area (Å²) in [6, 6.07) is 29.6. The normalized spacial score (nSPS) is 19.2. The second kappa shape index (κ2) is 19.7. The number of hydrogen-bond acceptors (Lipinski definition) is 9. The summed E-state index contributed by atoms with van der Waals surface area (Å²) in [6.07, 6.45) is -0.681. The molecule has 3 aromatic rings. The van der Waals surface area contributed by atoms with Crippen molar-refractivity contribution in [3.63, 3.8) is 0 Å². The number of carbonyl (C=O) groups excluding carboxylic acids is 1. The van der Waals surface area contributed by atoms with Gasteiger partial charge in [-0.05, 0) is 66.4 Å². The van der Waals surface area contributed by atoms with Gasteiger partial charge in [-0.2, -0.15) is 0 Å². The molecule has 1 aliphatic rings. The summed E-state index contributed by atoms with van der Waals surface area (Å²) in [6.45, 7) is 22.6. The zero-order valence-electron chi connectivity index (χ0n) is 36.6. The van der Waals surface area contributed by atoms with Crippen molar-refractivity contribution in [1.82, 2.24) is 0 Å². The summed E-state index contributed by atoms with van der Waals surface area (Å²) in [5.74, 6) is -1.66. The van der Waals surface area contributed by atoms with Crippen molar-refractivity contribution in [3.05, 3.63) is 103 Å². The van der Waals surface area contributed by atoms with Gasteiger partial charge in [-0.25, -0.2) is 8.42 Å². The zero-order valence-corrected chi connectivity index (χ0v) is 39.4. The molecule has 58 heavy (non-hydrogen) atoms. The second-order valence-electron chi connectivity index (χ2n) is 18.9. The first-order valence-corrected chi connectivity index (χ1v) is 27.7. The van der Waals surface area contributed by atoms with E-state index in [9.17, 15) is 18.3 Å². The minimum absolute atomic E-state index is 0.0456. The van der Waals surface area contributed by atoms with Crippen LogP contribution in [0.15, 0.2) is 108 Å². The zero-order chi connectivity index (χ0) is 43.0. The van der Waals surface area contributed by atoms with Gasteiger partial charge in [0.15, 0.2) is 21.4 Å². The number of aliphatic hydroxyl groups excluding tert-OH is 1. The number of sulfone groups is 1. The van der Waals surface area contributed by atoms with Crippen LogP contribution in [0.25, 0.3) is 0 Å². The highest BCUT2D eigenvalue weighted by molar-refractivity contribution is 7.91. The third kappa shape index (κ3) is 12.9. The molecule has 12 heteroatoms. The number of ketones is 1. The van der Waals surface area contributed by atoms with Gasteiger partial charge in [0.05, 0.1) is 35.6 Å². The highest BCUT2D eigenvalue weighted by Gasteiger charge is 2.50. The van der Waals surface area contributed by atoms with Gasteiger partial charge < -0.3 is 28.5 Å². The quantitative estimate of drug-likeness (QED) is 0.0494. The van der Waals surface area contributed by atoms with Crippen LogP contribution in [0.2, 0.25) is 30.7 Å². The van der Waals surface area contributed by atoms with Gasteiger partial charge in [0.25, 0.3) is 8.32 Å². The minimum atomic E-state index is -3.86. The first-order valence-electron chi connectivity index (χ1n) is 20.5. The van der Waals surface area contributed by atoms with Crippen LogP contribution in [0.3, 0.4) is 0 Å². The fourth-order valence-electron chi connectivity index (χ4n) is 7.72. The van der Waals surface area contributed by atoms with E-state index in [1.165, 1.54) is 12.1 Å². The van der Waals surface area contributed by atoms with Gasteiger partial charge >= 0.3 is 0 Å². The summed E-state index contributed by atoms with van der Waals surface area (Å²) in [5.41, 5.74) is -0.901. The maximum absolute atomic E-state index is 14.9. The van der Waals surface area contributed by atoms with Crippen molar-refractivity contribution < 1.29 is 41.7 Å². The average molecular weight is 853 g/mol. The fourth-order valence-corrected chi connectivity index (χ4v) is 14.8. The van der Waals surface area contributed by atoms with E-state index >= 15 is 0 Å². The van der Waals surface area contributed by atoms with Gasteiger partial charge in [0.2, 0.25) is 0 Å². The molecule has 0 amide bonds. The minimum Gasteiger partial charge on any atom is -0.404 e. The van der Waals surface area contributed by atoms with E-state index in [4.69, 9.17) is 23.4 Å². The molecule has 4 rings (SSSR count). The Morgan fingerprint density at radius 1 is 0.879 bits per heavy atom. The predicted molar refractivity (Wildman–Crippen MR) is 238 cm³/mol. The Labute approximate surface area is 350 Å². The first kappa shape index (κ1) is 47.9. The standard InChI is InChI=1S/C46H68O9SSi2/c1-35-41(55-46(7,8)54-35)32-37(47)31-36(27-28-53-58(44(2,3)4,39-23-17-13-18-24-39)40-25-19-14-20-26-40)42(52-34-51-29-30-57(9,10)11)43(48)45(5,6)33-56(49,50)38-21-15-12-16-22-38/h12-27,35,37,41-42,47H,28-34H2,1-11H3/b36-27+/t35-,37+,41-,42+/m1/s1. The Kier molecular flexibility index (Phi) is 16.3. The number of ether oxygens (including phenoxy) is 4. The maximum atomic E-state index is 14.9. The number of benzene rings is 3. The molecule has 9 nitrogen and oxygen atoms in total. The second-order valence-corrected chi connectivity index (χ2v) is 30.8. The molecule has 0 saturated carbocycles. The van der Waals surface area contributed by atoms with Gasteiger partial charge in [-0.3, -0.25) is 4.79 Å². The Balaban J connectivity index is 1.78. The van der Waals surface area contributed by atoms with Crippen LogP contribution in [0.1, 0.15) is 68.2 Å². The van der Waals surface area contributed by atoms with E-state index in [2.05, 4.69) is 64.7 Å². The molecule has 0 unspecified atom stereocenters. The molecular formula is C46H68O9SSi2. The van der Waals surface area contributed by atoms with Crippen molar-refractivity contribution in [3.8, 4) is 0 Å². The lowest BCUT2D eigenvalue weighted by Crippen LogP contribution is -2.66. The Morgan fingerprint density at radius 3 is 1.90 bits per heavy atom. The van der Waals surface area contributed by atoms with Crippen LogP contribution >= 0.6 is 0 Å². The van der Waals surface area contributed by atoms with Crippen LogP contribution in [0, 0.1) is 5.41 Å². The molecule has 0 radical (unpaired) electrons. The molecule has 1 N–H and O–H groups in total. The summed E-state index contributed by atoms with van der Waals surface area (Å²) in [7, 11) is -8.28. The number of carbonyl (C=O) groups is 1. The third-order valence-corrected chi connectivity index (χ3v) is 19.5. The smallest absolute Gasteiger partial charge is 0.261 e. The van der Waals surface area contributed by atoms with Crippen molar-refractivity contribution in [2.75, 3.05) is 25.8 Å². The summed E-state index contributed by atoms with van der Waals surface area (Å²) >= 11 is 0. The fraction of sp³-hybridized carbons (Fsp3) is 0.543.